The number of benzene rings is 6. The maximum Gasteiger partial charge on any atom is 0.160 e. The lowest BCUT2D eigenvalue weighted by atomic mass is 10.00. The molecule has 42 heavy (non-hydrogen) atoms. The summed E-state index contributed by atoms with van der Waals surface area (Å²) < 4.78 is 8.53. The fraction of sp³-hybridized carbons (Fsp3) is 0. The molecule has 0 aliphatic carbocycles. The Hall–Kier alpha value is -5.32. The monoisotopic (exact) mass is 554 g/mol. The van der Waals surface area contributed by atoms with Crippen LogP contribution in [0, 0.1) is 0 Å². The highest BCUT2D eigenvalue weighted by Crippen LogP contribution is 2.41. The lowest BCUT2D eigenvalue weighted by Gasteiger charge is -2.09. The molecule has 0 spiro atoms. The van der Waals surface area contributed by atoms with E-state index in [9.17, 15) is 0 Å². The number of rotatable bonds is 3. The minimum absolute atomic E-state index is 0.718. The van der Waals surface area contributed by atoms with Gasteiger partial charge in [0.25, 0.3) is 0 Å². The average Bonchev–Trinajstić information content (AvgIpc) is 3.62. The number of para-hydroxylation sites is 1. The molecule has 3 nitrogen and oxygen atoms in total. The van der Waals surface area contributed by atoms with E-state index in [0.717, 1.165) is 60.2 Å². The van der Waals surface area contributed by atoms with Crippen molar-refractivity contribution in [3.63, 3.8) is 0 Å². The Morgan fingerprint density at radius 1 is 0.476 bits per heavy atom. The molecule has 0 fully saturated rings. The van der Waals surface area contributed by atoms with E-state index in [-0.39, 0.29) is 0 Å². The Kier molecular flexibility index (Phi) is 5.07. The summed E-state index contributed by atoms with van der Waals surface area (Å²) in [6, 6.07) is 46.7. The Balaban J connectivity index is 1.21. The number of thiophene rings is 1. The Morgan fingerprint density at radius 2 is 1.17 bits per heavy atom. The summed E-state index contributed by atoms with van der Waals surface area (Å²) in [5.74, 6) is 0.718. The Bertz CT molecular complexity index is 2470. The lowest BCUT2D eigenvalue weighted by Crippen LogP contribution is -1.93. The molecule has 3 aromatic heterocycles. The van der Waals surface area contributed by atoms with Gasteiger partial charge in [0.1, 0.15) is 11.2 Å². The summed E-state index contributed by atoms with van der Waals surface area (Å²) in [6.45, 7) is 0. The standard InChI is InChI=1S/C38H22N2OS/c1-2-8-26-21-27(18-15-23(26)7-1)24-13-16-25(17-14-24)38-39-35(37-36(40-38)31-10-4-6-12-34(31)42-37)28-19-20-30-29-9-3-5-11-32(29)41-33(30)22-28/h1-22H. The predicted octanol–water partition coefficient (Wildman–Crippen LogP) is 10.9. The van der Waals surface area contributed by atoms with Gasteiger partial charge in [-0.15, -0.1) is 11.3 Å². The minimum Gasteiger partial charge on any atom is -0.456 e. The molecule has 0 aliphatic rings. The highest BCUT2D eigenvalue weighted by atomic mass is 32.1. The van der Waals surface area contributed by atoms with Crippen molar-refractivity contribution in [3.8, 4) is 33.8 Å². The lowest BCUT2D eigenvalue weighted by molar-refractivity contribution is 0.669. The van der Waals surface area contributed by atoms with Crippen molar-refractivity contribution in [3.05, 3.63) is 133 Å². The van der Waals surface area contributed by atoms with Crippen molar-refractivity contribution >= 4 is 64.4 Å². The first kappa shape index (κ1) is 23.4. The molecule has 196 valence electrons. The minimum atomic E-state index is 0.718. The molecule has 0 aliphatic heterocycles. The van der Waals surface area contributed by atoms with Crippen LogP contribution in [0.4, 0.5) is 0 Å². The van der Waals surface area contributed by atoms with Crippen LogP contribution in [0.2, 0.25) is 0 Å². The molecule has 6 aromatic carbocycles. The second kappa shape index (κ2) is 9.10. The largest absolute Gasteiger partial charge is 0.456 e. The molecular weight excluding hydrogens is 532 g/mol. The van der Waals surface area contributed by atoms with E-state index in [2.05, 4.69) is 115 Å². The van der Waals surface area contributed by atoms with Crippen LogP contribution < -0.4 is 0 Å². The third kappa shape index (κ3) is 3.66. The van der Waals surface area contributed by atoms with Crippen LogP contribution >= 0.6 is 11.3 Å². The van der Waals surface area contributed by atoms with E-state index in [4.69, 9.17) is 14.4 Å². The third-order valence-corrected chi connectivity index (χ3v) is 9.26. The van der Waals surface area contributed by atoms with Gasteiger partial charge in [0.15, 0.2) is 5.82 Å². The molecule has 9 rings (SSSR count). The maximum absolute atomic E-state index is 6.24. The molecule has 3 heterocycles. The van der Waals surface area contributed by atoms with E-state index in [1.165, 1.54) is 26.6 Å². The SMILES string of the molecule is c1ccc2cc(-c3ccc(-c4nc(-c5ccc6c(c5)oc5ccccc56)c5sc6ccccc6c5n4)cc3)ccc2c1. The highest BCUT2D eigenvalue weighted by molar-refractivity contribution is 7.26. The smallest absolute Gasteiger partial charge is 0.160 e. The summed E-state index contributed by atoms with van der Waals surface area (Å²) in [4.78, 5) is 10.3. The van der Waals surface area contributed by atoms with Gasteiger partial charge in [-0.05, 0) is 52.2 Å². The van der Waals surface area contributed by atoms with Gasteiger partial charge in [-0.1, -0.05) is 103 Å². The van der Waals surface area contributed by atoms with Gasteiger partial charge < -0.3 is 4.42 Å². The first-order chi connectivity index (χ1) is 20.8. The molecule has 0 saturated carbocycles. The average molecular weight is 555 g/mol. The molecule has 0 unspecified atom stereocenters. The van der Waals surface area contributed by atoms with Gasteiger partial charge >= 0.3 is 0 Å². The summed E-state index contributed by atoms with van der Waals surface area (Å²) in [5.41, 5.74) is 8.05. The highest BCUT2D eigenvalue weighted by Gasteiger charge is 2.18. The van der Waals surface area contributed by atoms with Gasteiger partial charge in [0.05, 0.1) is 15.9 Å². The molecule has 9 aromatic rings. The first-order valence-corrected chi connectivity index (χ1v) is 14.8. The first-order valence-electron chi connectivity index (χ1n) is 14.0. The second-order valence-corrected chi connectivity index (χ2v) is 11.7. The van der Waals surface area contributed by atoms with Gasteiger partial charge in [-0.25, -0.2) is 9.97 Å². The molecule has 0 radical (unpaired) electrons. The molecule has 0 amide bonds. The number of hydrogen-bond donors (Lipinski definition) is 0. The molecule has 4 heteroatoms. The predicted molar refractivity (Wildman–Crippen MR) is 176 cm³/mol. The number of furan rings is 1. The molecule has 0 bridgehead atoms. The number of nitrogens with zero attached hydrogens (tertiary/aromatic N) is 2. The topological polar surface area (TPSA) is 38.9 Å². The van der Waals surface area contributed by atoms with Crippen molar-refractivity contribution in [2.75, 3.05) is 0 Å². The summed E-state index contributed by atoms with van der Waals surface area (Å²) in [6.07, 6.45) is 0. The van der Waals surface area contributed by atoms with Crippen LogP contribution in [0.25, 0.3) is 86.8 Å². The summed E-state index contributed by atoms with van der Waals surface area (Å²) in [7, 11) is 0. The fourth-order valence-electron chi connectivity index (χ4n) is 5.97. The fourth-order valence-corrected chi connectivity index (χ4v) is 7.12. The zero-order chi connectivity index (χ0) is 27.6. The van der Waals surface area contributed by atoms with E-state index in [1.807, 2.05) is 18.2 Å². The molecule has 0 atom stereocenters. The second-order valence-electron chi connectivity index (χ2n) is 10.6. The quantitative estimate of drug-likeness (QED) is 0.218. The van der Waals surface area contributed by atoms with Crippen LogP contribution in [0.5, 0.6) is 0 Å². The molecular formula is C38H22N2OS. The maximum atomic E-state index is 6.24. The summed E-state index contributed by atoms with van der Waals surface area (Å²) >= 11 is 1.74. The van der Waals surface area contributed by atoms with Crippen molar-refractivity contribution in [2.45, 2.75) is 0 Å². The third-order valence-electron chi connectivity index (χ3n) is 8.10. The zero-order valence-corrected chi connectivity index (χ0v) is 23.2. The van der Waals surface area contributed by atoms with Crippen molar-refractivity contribution in [1.82, 2.24) is 9.97 Å². The zero-order valence-electron chi connectivity index (χ0n) is 22.4. The van der Waals surface area contributed by atoms with E-state index in [1.54, 1.807) is 11.3 Å². The van der Waals surface area contributed by atoms with Gasteiger partial charge in [0.2, 0.25) is 0 Å². The van der Waals surface area contributed by atoms with Crippen molar-refractivity contribution in [2.24, 2.45) is 0 Å². The number of hydrogen-bond acceptors (Lipinski definition) is 4. The van der Waals surface area contributed by atoms with E-state index >= 15 is 0 Å². The number of fused-ring (bicyclic) bond motifs is 7. The van der Waals surface area contributed by atoms with E-state index < -0.39 is 0 Å². The van der Waals surface area contributed by atoms with Gasteiger partial charge in [-0.2, -0.15) is 0 Å². The van der Waals surface area contributed by atoms with Crippen molar-refractivity contribution in [1.29, 1.82) is 0 Å². The normalized spacial score (nSPS) is 11.8. The van der Waals surface area contributed by atoms with Crippen LogP contribution in [0.1, 0.15) is 0 Å². The van der Waals surface area contributed by atoms with Crippen LogP contribution in [-0.2, 0) is 0 Å². The van der Waals surface area contributed by atoms with Crippen molar-refractivity contribution < 1.29 is 4.42 Å². The molecule has 0 N–H and O–H groups in total. The van der Waals surface area contributed by atoms with Crippen LogP contribution in [0.3, 0.4) is 0 Å². The van der Waals surface area contributed by atoms with Crippen LogP contribution in [0.15, 0.2) is 138 Å². The van der Waals surface area contributed by atoms with Gasteiger partial charge in [0, 0.05) is 32.0 Å². The Morgan fingerprint density at radius 3 is 2.07 bits per heavy atom. The summed E-state index contributed by atoms with van der Waals surface area (Å²) in [5, 5.41) is 5.88. The number of aromatic nitrogens is 2. The molecule has 0 saturated heterocycles. The van der Waals surface area contributed by atoms with E-state index in [0.29, 0.717) is 0 Å². The van der Waals surface area contributed by atoms with Gasteiger partial charge in [-0.3, -0.25) is 0 Å². The van der Waals surface area contributed by atoms with Crippen LogP contribution in [-0.4, -0.2) is 9.97 Å². The Labute approximate surface area is 245 Å².